The van der Waals surface area contributed by atoms with Crippen molar-refractivity contribution in [3.63, 3.8) is 0 Å². The van der Waals surface area contributed by atoms with Gasteiger partial charge in [0.05, 0.1) is 5.56 Å². The fourth-order valence-electron chi connectivity index (χ4n) is 1.85. The predicted octanol–water partition coefficient (Wildman–Crippen LogP) is 2.11. The summed E-state index contributed by atoms with van der Waals surface area (Å²) in [4.78, 5) is 28.2. The first kappa shape index (κ1) is 16.6. The number of amides is 1. The Bertz CT molecular complexity index is 872. The Hall–Kier alpha value is -3.27. The van der Waals surface area contributed by atoms with Crippen molar-refractivity contribution in [3.8, 4) is 0 Å². The molecule has 0 aliphatic heterocycles. The maximum absolute atomic E-state index is 12.0. The minimum absolute atomic E-state index is 0.235. The lowest BCUT2D eigenvalue weighted by Gasteiger charge is -2.12. The van der Waals surface area contributed by atoms with Crippen molar-refractivity contribution in [2.75, 3.05) is 16.5 Å². The number of anilines is 4. The fourth-order valence-corrected chi connectivity index (χ4v) is 2.09. The normalized spacial score (nSPS) is 10.1. The quantitative estimate of drug-likeness (QED) is 0.478. The Morgan fingerprint density at radius 1 is 1.08 bits per heavy atom. The molecule has 1 amide bonds. The van der Waals surface area contributed by atoms with Gasteiger partial charge in [0.25, 0.3) is 5.91 Å². The lowest BCUT2D eigenvalue weighted by atomic mass is 10.3. The summed E-state index contributed by atoms with van der Waals surface area (Å²) < 4.78 is 0.856. The highest BCUT2D eigenvalue weighted by Crippen LogP contribution is 2.24. The fraction of sp³-hybridized carbons (Fsp3) is 0. The summed E-state index contributed by atoms with van der Waals surface area (Å²) in [5, 5.41) is 2.99. The van der Waals surface area contributed by atoms with Gasteiger partial charge in [0.2, 0.25) is 0 Å². The van der Waals surface area contributed by atoms with E-state index in [4.69, 9.17) is 5.73 Å². The summed E-state index contributed by atoms with van der Waals surface area (Å²) >= 11 is 3.32. The average molecular weight is 401 g/mol. The van der Waals surface area contributed by atoms with Gasteiger partial charge in [-0.3, -0.25) is 20.6 Å². The van der Waals surface area contributed by atoms with Crippen LogP contribution in [0.15, 0.2) is 53.7 Å². The van der Waals surface area contributed by atoms with Gasteiger partial charge in [0, 0.05) is 23.1 Å². The third-order valence-electron chi connectivity index (χ3n) is 3.08. The molecule has 3 rings (SSSR count). The second kappa shape index (κ2) is 7.53. The Morgan fingerprint density at radius 3 is 2.64 bits per heavy atom. The van der Waals surface area contributed by atoms with E-state index in [0.717, 1.165) is 4.47 Å². The molecule has 0 fully saturated rings. The Morgan fingerprint density at radius 2 is 1.92 bits per heavy atom. The topological polar surface area (TPSA) is 131 Å². The summed E-state index contributed by atoms with van der Waals surface area (Å²) in [5.74, 6) is 0.823. The molecule has 25 heavy (non-hydrogen) atoms. The molecule has 5 N–H and O–H groups in total. The molecule has 0 aliphatic rings. The zero-order valence-corrected chi connectivity index (χ0v) is 14.4. The molecular weight excluding hydrogens is 388 g/mol. The molecule has 3 aromatic heterocycles. The molecule has 0 unspecified atom stereocenters. The number of aromatic nitrogens is 4. The molecule has 0 aromatic carbocycles. The number of halogens is 1. The number of pyridine rings is 2. The SMILES string of the molecule is Nc1c(NNC(=O)c2cccnc2)ncnc1Nc1ccc(Br)cn1. The van der Waals surface area contributed by atoms with E-state index in [9.17, 15) is 4.79 Å². The average Bonchev–Trinajstić information content (AvgIpc) is 2.64. The highest BCUT2D eigenvalue weighted by Gasteiger charge is 2.11. The monoisotopic (exact) mass is 400 g/mol. The van der Waals surface area contributed by atoms with E-state index in [2.05, 4.69) is 52.0 Å². The minimum atomic E-state index is -0.366. The van der Waals surface area contributed by atoms with Crippen molar-refractivity contribution in [2.45, 2.75) is 0 Å². The molecule has 9 nitrogen and oxygen atoms in total. The van der Waals surface area contributed by atoms with Crippen LogP contribution < -0.4 is 21.9 Å². The summed E-state index contributed by atoms with van der Waals surface area (Å²) in [6.07, 6.45) is 6.00. The van der Waals surface area contributed by atoms with Crippen LogP contribution in [-0.4, -0.2) is 25.8 Å². The van der Waals surface area contributed by atoms with Gasteiger partial charge in [-0.05, 0) is 40.2 Å². The zero-order chi connectivity index (χ0) is 17.6. The number of hydrogen-bond acceptors (Lipinski definition) is 8. The third-order valence-corrected chi connectivity index (χ3v) is 3.55. The van der Waals surface area contributed by atoms with Crippen LogP contribution in [0.5, 0.6) is 0 Å². The standard InChI is InChI=1S/C15H13BrN8O/c16-10-3-4-11(19-7-10)22-13-12(17)14(21-8-20-13)23-24-15(25)9-2-1-5-18-6-9/h1-8H,17H2,(H,24,25)(H2,19,20,21,22,23). The highest BCUT2D eigenvalue weighted by atomic mass is 79.9. The first-order valence-corrected chi connectivity index (χ1v) is 7.88. The van der Waals surface area contributed by atoms with Gasteiger partial charge in [-0.25, -0.2) is 15.0 Å². The largest absolute Gasteiger partial charge is 0.393 e. The summed E-state index contributed by atoms with van der Waals surface area (Å²) in [5.41, 5.74) is 11.9. The maximum Gasteiger partial charge on any atom is 0.271 e. The van der Waals surface area contributed by atoms with E-state index in [1.54, 1.807) is 30.6 Å². The van der Waals surface area contributed by atoms with Crippen molar-refractivity contribution >= 4 is 45.0 Å². The Balaban J connectivity index is 1.70. The second-order valence-electron chi connectivity index (χ2n) is 4.79. The Labute approximate surface area is 151 Å². The van der Waals surface area contributed by atoms with E-state index in [0.29, 0.717) is 17.2 Å². The van der Waals surface area contributed by atoms with Crippen molar-refractivity contribution in [3.05, 3.63) is 59.2 Å². The number of carbonyl (C=O) groups excluding carboxylic acids is 1. The number of nitrogen functional groups attached to an aromatic ring is 1. The molecule has 10 heteroatoms. The maximum atomic E-state index is 12.0. The lowest BCUT2D eigenvalue weighted by molar-refractivity contribution is 0.0962. The molecule has 0 aliphatic carbocycles. The van der Waals surface area contributed by atoms with Crippen LogP contribution in [0.1, 0.15) is 10.4 Å². The third kappa shape index (κ3) is 4.18. The lowest BCUT2D eigenvalue weighted by Crippen LogP contribution is -2.30. The minimum Gasteiger partial charge on any atom is -0.393 e. The van der Waals surface area contributed by atoms with Crippen LogP contribution in [0.2, 0.25) is 0 Å². The molecule has 3 heterocycles. The first-order chi connectivity index (χ1) is 12.1. The number of hydrazine groups is 1. The Kier molecular flexibility index (Phi) is 5.00. The van der Waals surface area contributed by atoms with E-state index < -0.39 is 0 Å². The van der Waals surface area contributed by atoms with E-state index in [1.165, 1.54) is 12.5 Å². The van der Waals surface area contributed by atoms with Crippen LogP contribution in [0.4, 0.5) is 23.1 Å². The van der Waals surface area contributed by atoms with Gasteiger partial charge in [-0.1, -0.05) is 0 Å². The van der Waals surface area contributed by atoms with Crippen molar-refractivity contribution < 1.29 is 4.79 Å². The number of rotatable bonds is 5. The van der Waals surface area contributed by atoms with Crippen molar-refractivity contribution in [1.82, 2.24) is 25.4 Å². The van der Waals surface area contributed by atoms with E-state index >= 15 is 0 Å². The number of carbonyl (C=O) groups is 1. The molecule has 3 aromatic rings. The van der Waals surface area contributed by atoms with Crippen LogP contribution in [-0.2, 0) is 0 Å². The highest BCUT2D eigenvalue weighted by molar-refractivity contribution is 9.10. The van der Waals surface area contributed by atoms with Crippen LogP contribution in [0, 0.1) is 0 Å². The predicted molar refractivity (Wildman–Crippen MR) is 97.0 cm³/mol. The number of nitrogens with zero attached hydrogens (tertiary/aromatic N) is 4. The number of nitrogens with one attached hydrogen (secondary N) is 3. The van der Waals surface area contributed by atoms with Gasteiger partial charge in [-0.2, -0.15) is 0 Å². The van der Waals surface area contributed by atoms with E-state index in [1.807, 2.05) is 6.07 Å². The smallest absolute Gasteiger partial charge is 0.271 e. The molecule has 0 saturated heterocycles. The molecule has 0 bridgehead atoms. The summed E-state index contributed by atoms with van der Waals surface area (Å²) in [6, 6.07) is 6.91. The van der Waals surface area contributed by atoms with Gasteiger partial charge >= 0.3 is 0 Å². The molecule has 0 radical (unpaired) electrons. The molecule has 0 atom stereocenters. The van der Waals surface area contributed by atoms with Gasteiger partial charge in [0.15, 0.2) is 11.6 Å². The molecular formula is C15H13BrN8O. The van der Waals surface area contributed by atoms with Crippen LogP contribution in [0.3, 0.4) is 0 Å². The molecule has 0 saturated carbocycles. The van der Waals surface area contributed by atoms with Crippen molar-refractivity contribution in [2.24, 2.45) is 0 Å². The first-order valence-electron chi connectivity index (χ1n) is 7.09. The summed E-state index contributed by atoms with van der Waals surface area (Å²) in [7, 11) is 0. The van der Waals surface area contributed by atoms with Crippen LogP contribution >= 0.6 is 15.9 Å². The van der Waals surface area contributed by atoms with Crippen LogP contribution in [0.25, 0.3) is 0 Å². The van der Waals surface area contributed by atoms with Gasteiger partial charge in [-0.15, -0.1) is 0 Å². The number of nitrogens with two attached hydrogens (primary N) is 1. The number of hydrogen-bond donors (Lipinski definition) is 4. The second-order valence-corrected chi connectivity index (χ2v) is 5.71. The zero-order valence-electron chi connectivity index (χ0n) is 12.8. The van der Waals surface area contributed by atoms with Gasteiger partial charge < -0.3 is 11.1 Å². The molecule has 126 valence electrons. The van der Waals surface area contributed by atoms with Gasteiger partial charge in [0.1, 0.15) is 17.8 Å². The van der Waals surface area contributed by atoms with E-state index in [-0.39, 0.29) is 17.4 Å². The summed E-state index contributed by atoms with van der Waals surface area (Å²) in [6.45, 7) is 0. The molecule has 0 spiro atoms. The van der Waals surface area contributed by atoms with Crippen molar-refractivity contribution in [1.29, 1.82) is 0 Å².